The molecule has 0 heterocycles. The highest BCUT2D eigenvalue weighted by Gasteiger charge is 2.30. The van der Waals surface area contributed by atoms with Crippen LogP contribution in [0.3, 0.4) is 0 Å². The SMILES string of the molecule is CCCCCC1CCC(CCc2ccc(C(F)(F)F)cc2)CC1. The number of halogens is 3. The molecule has 2 rings (SSSR count). The van der Waals surface area contributed by atoms with Crippen molar-refractivity contribution in [3.63, 3.8) is 0 Å². The minimum absolute atomic E-state index is 0.547. The molecule has 1 aliphatic rings. The van der Waals surface area contributed by atoms with E-state index in [4.69, 9.17) is 0 Å². The number of unbranched alkanes of at least 4 members (excludes halogenated alkanes) is 2. The van der Waals surface area contributed by atoms with Crippen LogP contribution in [0, 0.1) is 11.8 Å². The summed E-state index contributed by atoms with van der Waals surface area (Å²) in [6.07, 6.45) is 8.51. The molecule has 0 radical (unpaired) electrons. The van der Waals surface area contributed by atoms with Gasteiger partial charge in [-0.25, -0.2) is 0 Å². The Balaban J connectivity index is 1.69. The average molecular weight is 326 g/mol. The van der Waals surface area contributed by atoms with Crippen molar-refractivity contribution in [2.75, 3.05) is 0 Å². The lowest BCUT2D eigenvalue weighted by Crippen LogP contribution is -2.15. The molecule has 0 aliphatic heterocycles. The Morgan fingerprint density at radius 3 is 1.96 bits per heavy atom. The molecular weight excluding hydrogens is 297 g/mol. The van der Waals surface area contributed by atoms with Crippen molar-refractivity contribution in [1.82, 2.24) is 0 Å². The monoisotopic (exact) mass is 326 g/mol. The second-order valence-electron chi connectivity index (χ2n) is 7.12. The van der Waals surface area contributed by atoms with E-state index in [1.807, 2.05) is 0 Å². The standard InChI is InChI=1S/C20H29F3/c1-2-3-4-5-16-6-8-17(9-7-16)10-11-18-12-14-19(15-13-18)20(21,22)23/h12-17H,2-11H2,1H3. The van der Waals surface area contributed by atoms with Crippen LogP contribution >= 0.6 is 0 Å². The van der Waals surface area contributed by atoms with Crippen LogP contribution in [0.4, 0.5) is 13.2 Å². The quantitative estimate of drug-likeness (QED) is 0.472. The van der Waals surface area contributed by atoms with Gasteiger partial charge in [0.1, 0.15) is 0 Å². The molecule has 130 valence electrons. The second kappa shape index (κ2) is 8.75. The van der Waals surface area contributed by atoms with Crippen molar-refractivity contribution in [2.45, 2.75) is 77.3 Å². The van der Waals surface area contributed by atoms with Crippen LogP contribution in [0.1, 0.15) is 75.8 Å². The Kier molecular flexibility index (Phi) is 6.98. The summed E-state index contributed by atoms with van der Waals surface area (Å²) in [6.45, 7) is 2.25. The Hall–Kier alpha value is -0.990. The van der Waals surface area contributed by atoms with Gasteiger partial charge >= 0.3 is 6.18 Å². The number of rotatable bonds is 7. The van der Waals surface area contributed by atoms with E-state index in [9.17, 15) is 13.2 Å². The molecule has 1 aliphatic carbocycles. The van der Waals surface area contributed by atoms with Crippen molar-refractivity contribution < 1.29 is 13.2 Å². The fourth-order valence-electron chi connectivity index (χ4n) is 3.72. The van der Waals surface area contributed by atoms with Crippen LogP contribution in [-0.2, 0) is 12.6 Å². The molecule has 0 atom stereocenters. The highest BCUT2D eigenvalue weighted by molar-refractivity contribution is 5.24. The normalized spacial score (nSPS) is 22.3. The first-order chi connectivity index (χ1) is 11.0. The topological polar surface area (TPSA) is 0 Å². The maximum atomic E-state index is 12.5. The summed E-state index contributed by atoms with van der Waals surface area (Å²) in [6, 6.07) is 5.69. The van der Waals surface area contributed by atoms with E-state index in [1.54, 1.807) is 12.1 Å². The summed E-state index contributed by atoms with van der Waals surface area (Å²) < 4.78 is 37.6. The molecule has 0 spiro atoms. The lowest BCUT2D eigenvalue weighted by Gasteiger charge is -2.28. The van der Waals surface area contributed by atoms with Gasteiger partial charge in [-0.2, -0.15) is 13.2 Å². The highest BCUT2D eigenvalue weighted by atomic mass is 19.4. The van der Waals surface area contributed by atoms with Crippen LogP contribution < -0.4 is 0 Å². The highest BCUT2D eigenvalue weighted by Crippen LogP contribution is 2.34. The first-order valence-corrected chi connectivity index (χ1v) is 9.15. The maximum absolute atomic E-state index is 12.5. The summed E-state index contributed by atoms with van der Waals surface area (Å²) in [5, 5.41) is 0. The van der Waals surface area contributed by atoms with Gasteiger partial charge in [0.25, 0.3) is 0 Å². The maximum Gasteiger partial charge on any atom is 0.416 e. The van der Waals surface area contributed by atoms with Crippen molar-refractivity contribution in [3.8, 4) is 0 Å². The minimum atomic E-state index is -4.23. The number of benzene rings is 1. The van der Waals surface area contributed by atoms with Crippen molar-refractivity contribution in [1.29, 1.82) is 0 Å². The molecular formula is C20H29F3. The molecule has 23 heavy (non-hydrogen) atoms. The van der Waals surface area contributed by atoms with Gasteiger partial charge in [-0.15, -0.1) is 0 Å². The van der Waals surface area contributed by atoms with Crippen molar-refractivity contribution in [3.05, 3.63) is 35.4 Å². The Labute approximate surface area is 138 Å². The zero-order chi connectivity index (χ0) is 16.7. The lowest BCUT2D eigenvalue weighted by atomic mass is 9.78. The Morgan fingerprint density at radius 2 is 1.43 bits per heavy atom. The molecule has 0 nitrogen and oxygen atoms in total. The van der Waals surface area contributed by atoms with Gasteiger partial charge in [-0.1, -0.05) is 70.4 Å². The minimum Gasteiger partial charge on any atom is -0.166 e. The predicted molar refractivity (Wildman–Crippen MR) is 89.4 cm³/mol. The zero-order valence-electron chi connectivity index (χ0n) is 14.2. The molecule has 1 fully saturated rings. The van der Waals surface area contributed by atoms with Gasteiger partial charge in [0.05, 0.1) is 5.56 Å². The largest absolute Gasteiger partial charge is 0.416 e. The number of aryl methyl sites for hydroxylation is 1. The van der Waals surface area contributed by atoms with E-state index in [0.717, 1.165) is 30.2 Å². The van der Waals surface area contributed by atoms with E-state index >= 15 is 0 Å². The molecule has 0 aromatic heterocycles. The van der Waals surface area contributed by atoms with Gasteiger partial charge in [0.2, 0.25) is 0 Å². The molecule has 0 unspecified atom stereocenters. The third-order valence-electron chi connectivity index (χ3n) is 5.30. The molecule has 1 aromatic rings. The molecule has 0 N–H and O–H groups in total. The Bertz CT molecular complexity index is 439. The van der Waals surface area contributed by atoms with E-state index < -0.39 is 11.7 Å². The molecule has 0 bridgehead atoms. The predicted octanol–water partition coefficient (Wildman–Crippen LogP) is 7.02. The molecule has 0 amide bonds. The van der Waals surface area contributed by atoms with Crippen LogP contribution in [0.25, 0.3) is 0 Å². The summed E-state index contributed by atoms with van der Waals surface area (Å²) in [7, 11) is 0. The summed E-state index contributed by atoms with van der Waals surface area (Å²) in [5.74, 6) is 1.68. The first kappa shape index (κ1) is 18.4. The smallest absolute Gasteiger partial charge is 0.166 e. The number of hydrogen-bond donors (Lipinski definition) is 0. The molecule has 1 aromatic carbocycles. The van der Waals surface area contributed by atoms with Gasteiger partial charge in [0, 0.05) is 0 Å². The van der Waals surface area contributed by atoms with E-state index in [-0.39, 0.29) is 0 Å². The molecule has 3 heteroatoms. The summed E-state index contributed by atoms with van der Waals surface area (Å²) in [5.41, 5.74) is 0.483. The Morgan fingerprint density at radius 1 is 0.870 bits per heavy atom. The molecule has 1 saturated carbocycles. The van der Waals surface area contributed by atoms with Crippen LogP contribution in [0.2, 0.25) is 0 Å². The third kappa shape index (κ3) is 6.19. The van der Waals surface area contributed by atoms with E-state index in [1.165, 1.54) is 63.5 Å². The summed E-state index contributed by atoms with van der Waals surface area (Å²) >= 11 is 0. The van der Waals surface area contributed by atoms with Crippen LogP contribution in [0.15, 0.2) is 24.3 Å². The number of hydrogen-bond acceptors (Lipinski definition) is 0. The van der Waals surface area contributed by atoms with Crippen molar-refractivity contribution >= 4 is 0 Å². The second-order valence-corrected chi connectivity index (χ2v) is 7.12. The fourth-order valence-corrected chi connectivity index (χ4v) is 3.72. The molecule has 0 saturated heterocycles. The van der Waals surface area contributed by atoms with Crippen LogP contribution in [0.5, 0.6) is 0 Å². The van der Waals surface area contributed by atoms with Crippen LogP contribution in [-0.4, -0.2) is 0 Å². The number of alkyl halides is 3. The van der Waals surface area contributed by atoms with Gasteiger partial charge in [-0.05, 0) is 42.4 Å². The zero-order valence-corrected chi connectivity index (χ0v) is 14.2. The fraction of sp³-hybridized carbons (Fsp3) is 0.700. The first-order valence-electron chi connectivity index (χ1n) is 9.15. The van der Waals surface area contributed by atoms with E-state index in [2.05, 4.69) is 6.92 Å². The van der Waals surface area contributed by atoms with Gasteiger partial charge in [-0.3, -0.25) is 0 Å². The summed E-state index contributed by atoms with van der Waals surface area (Å²) in [4.78, 5) is 0. The van der Waals surface area contributed by atoms with Gasteiger partial charge < -0.3 is 0 Å². The average Bonchev–Trinajstić information content (AvgIpc) is 2.54. The van der Waals surface area contributed by atoms with Crippen molar-refractivity contribution in [2.24, 2.45) is 11.8 Å². The third-order valence-corrected chi connectivity index (χ3v) is 5.30. The lowest BCUT2D eigenvalue weighted by molar-refractivity contribution is -0.137. The van der Waals surface area contributed by atoms with E-state index in [0.29, 0.717) is 0 Å². The van der Waals surface area contributed by atoms with Gasteiger partial charge in [0.15, 0.2) is 0 Å².